The fourth-order valence-electron chi connectivity index (χ4n) is 2.18. The van der Waals surface area contributed by atoms with Gasteiger partial charge in [-0.05, 0) is 35.9 Å². The molecule has 0 fully saturated rings. The summed E-state index contributed by atoms with van der Waals surface area (Å²) in [6.45, 7) is 0.175. The number of hydrogen-bond acceptors (Lipinski definition) is 4. The van der Waals surface area contributed by atoms with Crippen molar-refractivity contribution in [2.45, 2.75) is 12.6 Å². The third-order valence-electron chi connectivity index (χ3n) is 3.45. The van der Waals surface area contributed by atoms with E-state index in [0.29, 0.717) is 5.56 Å². The molecule has 2 aromatic carbocycles. The predicted octanol–water partition coefficient (Wildman–Crippen LogP) is 2.07. The highest BCUT2D eigenvalue weighted by molar-refractivity contribution is 5.92. The topological polar surface area (TPSA) is 81.4 Å². The summed E-state index contributed by atoms with van der Waals surface area (Å²) >= 11 is 0. The van der Waals surface area contributed by atoms with Gasteiger partial charge in [0.1, 0.15) is 17.7 Å². The molecule has 1 atom stereocenters. The first-order valence-corrected chi connectivity index (χ1v) is 7.07. The van der Waals surface area contributed by atoms with E-state index in [0.717, 1.165) is 30.9 Å². The van der Waals surface area contributed by atoms with Crippen LogP contribution in [0.25, 0.3) is 0 Å². The van der Waals surface area contributed by atoms with E-state index >= 15 is 0 Å². The van der Waals surface area contributed by atoms with Crippen LogP contribution in [0.3, 0.4) is 0 Å². The molecule has 2 rings (SSSR count). The minimum Gasteiger partial charge on any atom is -0.468 e. The molecule has 0 aliphatic heterocycles. The molecule has 24 heavy (non-hydrogen) atoms. The highest BCUT2D eigenvalue weighted by atomic mass is 19.1. The zero-order chi connectivity index (χ0) is 17.7. The highest BCUT2D eigenvalue weighted by Crippen LogP contribution is 2.20. The van der Waals surface area contributed by atoms with Crippen LogP contribution in [0.5, 0.6) is 0 Å². The molecule has 1 amide bonds. The van der Waals surface area contributed by atoms with Crippen molar-refractivity contribution in [1.29, 1.82) is 0 Å². The van der Waals surface area contributed by atoms with Gasteiger partial charge < -0.3 is 10.5 Å². The van der Waals surface area contributed by atoms with Crippen LogP contribution in [-0.2, 0) is 16.1 Å². The molecule has 3 N–H and O–H groups in total. The molecule has 5 nitrogen and oxygen atoms in total. The number of rotatable bonds is 6. The van der Waals surface area contributed by atoms with Crippen molar-refractivity contribution in [3.05, 3.63) is 70.8 Å². The third-order valence-corrected chi connectivity index (χ3v) is 3.45. The maximum Gasteiger partial charge on any atom is 0.327 e. The van der Waals surface area contributed by atoms with Crippen molar-refractivity contribution in [3.8, 4) is 0 Å². The number of carbonyl (C=O) groups is 2. The molecule has 2 aromatic rings. The Morgan fingerprint density at radius 2 is 1.83 bits per heavy atom. The molecule has 0 aliphatic rings. The smallest absolute Gasteiger partial charge is 0.327 e. The van der Waals surface area contributed by atoms with Crippen LogP contribution < -0.4 is 11.1 Å². The van der Waals surface area contributed by atoms with E-state index in [1.165, 1.54) is 12.1 Å². The summed E-state index contributed by atoms with van der Waals surface area (Å²) in [6, 6.07) is 8.05. The molecular formula is C17H16F2N2O3. The number of hydrogen-bond donors (Lipinski definition) is 2. The predicted molar refractivity (Wildman–Crippen MR) is 82.9 cm³/mol. The third kappa shape index (κ3) is 4.14. The van der Waals surface area contributed by atoms with Gasteiger partial charge >= 0.3 is 5.97 Å². The SMILES string of the molecule is COC(=O)C(NCc1ccc(C(N)=O)cc1)c1cc(F)ccc1F. The lowest BCUT2D eigenvalue weighted by Gasteiger charge is -2.17. The number of carbonyl (C=O) groups excluding carboxylic acids is 2. The second-order valence-corrected chi connectivity index (χ2v) is 5.06. The Hall–Kier alpha value is -2.80. The number of nitrogens with two attached hydrogens (primary N) is 1. The van der Waals surface area contributed by atoms with Crippen molar-refractivity contribution in [3.63, 3.8) is 0 Å². The molecule has 0 bridgehead atoms. The van der Waals surface area contributed by atoms with E-state index in [1.807, 2.05) is 0 Å². The first-order valence-electron chi connectivity index (χ1n) is 7.07. The van der Waals surface area contributed by atoms with E-state index in [1.54, 1.807) is 12.1 Å². The number of amides is 1. The Balaban J connectivity index is 2.19. The minimum absolute atomic E-state index is 0.143. The second kappa shape index (κ2) is 7.65. The van der Waals surface area contributed by atoms with Crippen LogP contribution in [0.4, 0.5) is 8.78 Å². The number of nitrogens with one attached hydrogen (secondary N) is 1. The van der Waals surface area contributed by atoms with E-state index in [9.17, 15) is 18.4 Å². The number of primary amides is 1. The Morgan fingerprint density at radius 3 is 2.42 bits per heavy atom. The molecule has 0 saturated heterocycles. The Bertz CT molecular complexity index is 748. The van der Waals surface area contributed by atoms with Gasteiger partial charge in [-0.3, -0.25) is 10.1 Å². The maximum absolute atomic E-state index is 13.9. The lowest BCUT2D eigenvalue weighted by atomic mass is 10.0. The van der Waals surface area contributed by atoms with Crippen molar-refractivity contribution in [2.24, 2.45) is 5.73 Å². The largest absolute Gasteiger partial charge is 0.468 e. The van der Waals surface area contributed by atoms with Crippen molar-refractivity contribution in [1.82, 2.24) is 5.32 Å². The van der Waals surface area contributed by atoms with Gasteiger partial charge in [-0.25, -0.2) is 13.6 Å². The first kappa shape index (κ1) is 17.6. The van der Waals surface area contributed by atoms with Crippen LogP contribution in [0.15, 0.2) is 42.5 Å². The molecule has 0 spiro atoms. The van der Waals surface area contributed by atoms with Gasteiger partial charge in [0.25, 0.3) is 0 Å². The monoisotopic (exact) mass is 334 g/mol. The van der Waals surface area contributed by atoms with Gasteiger partial charge in [-0.15, -0.1) is 0 Å². The molecule has 0 radical (unpaired) electrons. The average Bonchev–Trinajstić information content (AvgIpc) is 2.58. The van der Waals surface area contributed by atoms with Crippen molar-refractivity contribution < 1.29 is 23.1 Å². The Morgan fingerprint density at radius 1 is 1.17 bits per heavy atom. The van der Waals surface area contributed by atoms with Gasteiger partial charge in [0.15, 0.2) is 0 Å². The average molecular weight is 334 g/mol. The minimum atomic E-state index is -1.17. The van der Waals surface area contributed by atoms with Crippen molar-refractivity contribution >= 4 is 11.9 Å². The van der Waals surface area contributed by atoms with E-state index in [2.05, 4.69) is 10.1 Å². The number of methoxy groups -OCH3 is 1. The summed E-state index contributed by atoms with van der Waals surface area (Å²) in [5.41, 5.74) is 6.09. The van der Waals surface area contributed by atoms with Crippen LogP contribution in [0.1, 0.15) is 27.5 Å². The van der Waals surface area contributed by atoms with Crippen LogP contribution in [0, 0.1) is 11.6 Å². The summed E-state index contributed by atoms with van der Waals surface area (Å²) in [5, 5.41) is 2.82. The van der Waals surface area contributed by atoms with Crippen LogP contribution >= 0.6 is 0 Å². The summed E-state index contributed by atoms with van der Waals surface area (Å²) in [7, 11) is 1.16. The Labute approximate surface area is 137 Å². The lowest BCUT2D eigenvalue weighted by molar-refractivity contribution is -0.143. The first-order chi connectivity index (χ1) is 11.4. The molecule has 0 aromatic heterocycles. The van der Waals surface area contributed by atoms with Crippen LogP contribution in [-0.4, -0.2) is 19.0 Å². The molecule has 0 heterocycles. The standard InChI is InChI=1S/C17H16F2N2O3/c1-24-17(23)15(13-8-12(18)6-7-14(13)19)21-9-10-2-4-11(5-3-10)16(20)22/h2-8,15,21H,9H2,1H3,(H2,20,22). The van der Waals surface area contributed by atoms with Gasteiger partial charge in [-0.2, -0.15) is 0 Å². The van der Waals surface area contributed by atoms with Crippen LogP contribution in [0.2, 0.25) is 0 Å². The summed E-state index contributed by atoms with van der Waals surface area (Å²) in [4.78, 5) is 22.9. The van der Waals surface area contributed by atoms with E-state index in [4.69, 9.17) is 5.73 Å². The van der Waals surface area contributed by atoms with E-state index < -0.39 is 29.6 Å². The Kier molecular flexibility index (Phi) is 5.59. The number of benzene rings is 2. The van der Waals surface area contributed by atoms with E-state index in [-0.39, 0.29) is 12.1 Å². The second-order valence-electron chi connectivity index (χ2n) is 5.06. The summed E-state index contributed by atoms with van der Waals surface area (Å²) < 4.78 is 31.9. The number of ether oxygens (including phenoxy) is 1. The fraction of sp³-hybridized carbons (Fsp3) is 0.176. The lowest BCUT2D eigenvalue weighted by Crippen LogP contribution is -2.30. The molecule has 126 valence electrons. The fourth-order valence-corrected chi connectivity index (χ4v) is 2.18. The summed E-state index contributed by atoms with van der Waals surface area (Å²) in [5.74, 6) is -2.67. The normalized spacial score (nSPS) is 11.8. The number of esters is 1. The quantitative estimate of drug-likeness (QED) is 0.793. The molecule has 0 aliphatic carbocycles. The van der Waals surface area contributed by atoms with Gasteiger partial charge in [-0.1, -0.05) is 12.1 Å². The molecule has 7 heteroatoms. The summed E-state index contributed by atoms with van der Waals surface area (Å²) in [6.07, 6.45) is 0. The highest BCUT2D eigenvalue weighted by Gasteiger charge is 2.24. The molecule has 1 unspecified atom stereocenters. The number of halogens is 2. The van der Waals surface area contributed by atoms with Gasteiger partial charge in [0.2, 0.25) is 5.91 Å². The zero-order valence-electron chi connectivity index (χ0n) is 12.9. The van der Waals surface area contributed by atoms with Gasteiger partial charge in [0.05, 0.1) is 7.11 Å². The van der Waals surface area contributed by atoms with Gasteiger partial charge in [0, 0.05) is 17.7 Å². The zero-order valence-corrected chi connectivity index (χ0v) is 12.9. The van der Waals surface area contributed by atoms with Crippen molar-refractivity contribution in [2.75, 3.05) is 7.11 Å². The molecular weight excluding hydrogens is 318 g/mol. The molecule has 0 saturated carbocycles. The maximum atomic E-state index is 13.9.